The lowest BCUT2D eigenvalue weighted by Crippen LogP contribution is -2.50. The maximum absolute atomic E-state index is 13.3. The van der Waals surface area contributed by atoms with Crippen LogP contribution in [0.15, 0.2) is 84.0 Å². The van der Waals surface area contributed by atoms with E-state index < -0.39 is 0 Å². The molecule has 2 fully saturated rings. The van der Waals surface area contributed by atoms with Crippen LogP contribution in [-0.2, 0) is 7.05 Å². The Hall–Kier alpha value is -4.33. The fourth-order valence-corrected chi connectivity index (χ4v) is 5.12. The van der Waals surface area contributed by atoms with Crippen LogP contribution >= 0.6 is 0 Å². The molecule has 1 amide bonds. The molecule has 4 heterocycles. The third kappa shape index (κ3) is 3.77. The predicted octanol–water partition coefficient (Wildman–Crippen LogP) is 3.01. The predicted molar refractivity (Wildman–Crippen MR) is 133 cm³/mol. The van der Waals surface area contributed by atoms with Gasteiger partial charge in [-0.15, -0.1) is 0 Å². The molecule has 8 heteroatoms. The van der Waals surface area contributed by atoms with Crippen LogP contribution < -0.4 is 10.5 Å². The van der Waals surface area contributed by atoms with Gasteiger partial charge in [0.1, 0.15) is 6.33 Å². The van der Waals surface area contributed by atoms with E-state index in [0.717, 1.165) is 17.5 Å². The van der Waals surface area contributed by atoms with Gasteiger partial charge < -0.3 is 9.80 Å². The van der Waals surface area contributed by atoms with E-state index in [-0.39, 0.29) is 23.6 Å². The van der Waals surface area contributed by atoms with Crippen molar-refractivity contribution in [2.24, 2.45) is 7.05 Å². The Morgan fingerprint density at radius 2 is 1.69 bits per heavy atom. The summed E-state index contributed by atoms with van der Waals surface area (Å²) in [6.45, 7) is 1.25. The molecule has 0 N–H and O–H groups in total. The minimum absolute atomic E-state index is 0.0494. The highest BCUT2D eigenvalue weighted by atomic mass is 16.2. The average molecular weight is 465 g/mol. The summed E-state index contributed by atoms with van der Waals surface area (Å²) >= 11 is 0. The van der Waals surface area contributed by atoms with E-state index in [1.54, 1.807) is 23.9 Å². The summed E-state index contributed by atoms with van der Waals surface area (Å²) in [6, 6.07) is 21.4. The maximum atomic E-state index is 13.3. The number of hydrogen-bond acceptors (Lipinski definition) is 6. The largest absolute Gasteiger partial charge is 0.335 e. The smallest absolute Gasteiger partial charge is 0.255 e. The van der Waals surface area contributed by atoms with Crippen LogP contribution in [0, 0.1) is 0 Å². The van der Waals surface area contributed by atoms with Gasteiger partial charge in [-0.1, -0.05) is 42.5 Å². The SMILES string of the molecule is Cn1c(N2CC3C[C@@H]2CN3C(=O)c2ccc(-c3ccccc3)cc2)nc(-c2ccncn2)cc1=O. The number of hydrogen-bond donors (Lipinski definition) is 0. The van der Waals surface area contributed by atoms with E-state index in [9.17, 15) is 9.59 Å². The number of anilines is 1. The summed E-state index contributed by atoms with van der Waals surface area (Å²) in [5.74, 6) is 0.659. The number of likely N-dealkylation sites (tertiary alicyclic amines) is 1. The zero-order valence-corrected chi connectivity index (χ0v) is 19.3. The van der Waals surface area contributed by atoms with E-state index in [4.69, 9.17) is 4.98 Å². The number of aromatic nitrogens is 4. The van der Waals surface area contributed by atoms with Crippen molar-refractivity contribution >= 4 is 11.9 Å². The number of carbonyl (C=O) groups is 1. The van der Waals surface area contributed by atoms with Gasteiger partial charge >= 0.3 is 0 Å². The first-order valence-electron chi connectivity index (χ1n) is 11.7. The van der Waals surface area contributed by atoms with Crippen LogP contribution in [0.4, 0.5) is 5.95 Å². The van der Waals surface area contributed by atoms with Crippen molar-refractivity contribution in [3.05, 3.63) is 95.2 Å². The van der Waals surface area contributed by atoms with Gasteiger partial charge in [-0.25, -0.2) is 15.0 Å². The van der Waals surface area contributed by atoms with Crippen molar-refractivity contribution in [2.45, 2.75) is 18.5 Å². The molecular formula is C27H24N6O2. The van der Waals surface area contributed by atoms with Crippen LogP contribution in [0.25, 0.3) is 22.5 Å². The lowest BCUT2D eigenvalue weighted by molar-refractivity contribution is 0.0725. The van der Waals surface area contributed by atoms with Crippen molar-refractivity contribution in [1.82, 2.24) is 24.4 Å². The van der Waals surface area contributed by atoms with Crippen LogP contribution in [0.2, 0.25) is 0 Å². The Balaban J connectivity index is 1.21. The number of fused-ring (bicyclic) bond motifs is 2. The number of carbonyl (C=O) groups excluding carboxylic acids is 1. The Morgan fingerprint density at radius 3 is 2.37 bits per heavy atom. The van der Waals surface area contributed by atoms with E-state index in [1.165, 1.54) is 12.4 Å². The molecule has 35 heavy (non-hydrogen) atoms. The second-order valence-electron chi connectivity index (χ2n) is 9.03. The van der Waals surface area contributed by atoms with E-state index in [1.807, 2.05) is 47.4 Å². The van der Waals surface area contributed by atoms with Gasteiger partial charge in [0, 0.05) is 38.0 Å². The van der Waals surface area contributed by atoms with Gasteiger partial charge in [-0.3, -0.25) is 14.2 Å². The lowest BCUT2D eigenvalue weighted by Gasteiger charge is -2.35. The Morgan fingerprint density at radius 1 is 0.914 bits per heavy atom. The van der Waals surface area contributed by atoms with Gasteiger partial charge in [0.15, 0.2) is 0 Å². The zero-order valence-electron chi connectivity index (χ0n) is 19.3. The average Bonchev–Trinajstić information content (AvgIpc) is 3.52. The highest BCUT2D eigenvalue weighted by Gasteiger charge is 2.46. The van der Waals surface area contributed by atoms with Crippen molar-refractivity contribution in [3.8, 4) is 22.5 Å². The van der Waals surface area contributed by atoms with Crippen molar-refractivity contribution in [2.75, 3.05) is 18.0 Å². The Kier molecular flexibility index (Phi) is 5.13. The summed E-state index contributed by atoms with van der Waals surface area (Å²) in [6.07, 6.45) is 3.94. The first kappa shape index (κ1) is 21.2. The fraction of sp³-hybridized carbons (Fsp3) is 0.222. The molecule has 174 valence electrons. The molecule has 2 aromatic heterocycles. The highest BCUT2D eigenvalue weighted by molar-refractivity contribution is 5.95. The number of amides is 1. The number of benzene rings is 2. The summed E-state index contributed by atoms with van der Waals surface area (Å²) in [5, 5.41) is 0. The molecule has 0 spiro atoms. The van der Waals surface area contributed by atoms with Crippen molar-refractivity contribution in [1.29, 1.82) is 0 Å². The Labute approximate surface area is 202 Å². The second-order valence-corrected chi connectivity index (χ2v) is 9.03. The molecule has 8 nitrogen and oxygen atoms in total. The quantitative estimate of drug-likeness (QED) is 0.462. The van der Waals surface area contributed by atoms with Gasteiger partial charge in [-0.05, 0) is 35.7 Å². The molecule has 2 atom stereocenters. The summed E-state index contributed by atoms with van der Waals surface area (Å²) in [4.78, 5) is 43.0. The minimum Gasteiger partial charge on any atom is -0.335 e. The molecule has 0 saturated carbocycles. The van der Waals surface area contributed by atoms with Crippen LogP contribution in [0.1, 0.15) is 16.8 Å². The van der Waals surface area contributed by atoms with Crippen molar-refractivity contribution in [3.63, 3.8) is 0 Å². The number of rotatable bonds is 4. The Bertz CT molecular complexity index is 1440. The summed E-state index contributed by atoms with van der Waals surface area (Å²) in [5.41, 5.74) is 3.91. The summed E-state index contributed by atoms with van der Waals surface area (Å²) < 4.78 is 1.57. The third-order valence-electron chi connectivity index (χ3n) is 6.95. The molecule has 1 unspecified atom stereocenters. The second kappa shape index (κ2) is 8.47. The molecule has 2 aliphatic rings. The molecule has 2 aliphatic heterocycles. The normalized spacial score (nSPS) is 18.8. The van der Waals surface area contributed by atoms with Gasteiger partial charge in [0.25, 0.3) is 11.5 Å². The molecule has 4 aromatic rings. The number of piperazine rings is 1. The van der Waals surface area contributed by atoms with E-state index in [2.05, 4.69) is 27.0 Å². The van der Waals surface area contributed by atoms with Crippen LogP contribution in [0.3, 0.4) is 0 Å². The molecule has 0 aliphatic carbocycles. The first-order chi connectivity index (χ1) is 17.1. The lowest BCUT2D eigenvalue weighted by atomic mass is 10.0. The van der Waals surface area contributed by atoms with Crippen LogP contribution in [0.5, 0.6) is 0 Å². The monoisotopic (exact) mass is 464 g/mol. The van der Waals surface area contributed by atoms with E-state index in [0.29, 0.717) is 36.0 Å². The van der Waals surface area contributed by atoms with Gasteiger partial charge in [-0.2, -0.15) is 0 Å². The molecule has 6 rings (SSSR count). The topological polar surface area (TPSA) is 84.2 Å². The molecular weight excluding hydrogens is 440 g/mol. The van der Waals surface area contributed by atoms with Gasteiger partial charge in [0.05, 0.1) is 23.5 Å². The zero-order chi connectivity index (χ0) is 23.9. The minimum atomic E-state index is -0.141. The highest BCUT2D eigenvalue weighted by Crippen LogP contribution is 2.35. The fourth-order valence-electron chi connectivity index (χ4n) is 5.12. The molecule has 2 bridgehead atoms. The van der Waals surface area contributed by atoms with E-state index >= 15 is 0 Å². The number of nitrogens with zero attached hydrogens (tertiary/aromatic N) is 6. The molecule has 2 aromatic carbocycles. The summed E-state index contributed by atoms with van der Waals surface area (Å²) in [7, 11) is 1.73. The standard InChI is InChI=1S/C27H24N6O2/c1-31-25(34)14-24(23-11-12-28-17-29-23)30-27(31)33-16-21-13-22(33)15-32(21)26(35)20-9-7-19(8-10-20)18-5-3-2-4-6-18/h2-12,14,17,21-22H,13,15-16H2,1H3/t21?,22-/m1/s1. The molecule has 2 saturated heterocycles. The van der Waals surface area contributed by atoms with Gasteiger partial charge in [0.2, 0.25) is 5.95 Å². The first-order valence-corrected chi connectivity index (χ1v) is 11.7. The molecule has 0 radical (unpaired) electrons. The van der Waals surface area contributed by atoms with Crippen LogP contribution in [-0.4, -0.2) is 55.5 Å². The third-order valence-corrected chi connectivity index (χ3v) is 6.95. The maximum Gasteiger partial charge on any atom is 0.255 e. The van der Waals surface area contributed by atoms with Crippen molar-refractivity contribution < 1.29 is 4.79 Å².